The van der Waals surface area contributed by atoms with Gasteiger partial charge in [0, 0.05) is 26.3 Å². The van der Waals surface area contributed by atoms with Crippen molar-refractivity contribution in [2.45, 2.75) is 52.1 Å². The van der Waals surface area contributed by atoms with Crippen LogP contribution in [0.4, 0.5) is 0 Å². The number of hydrogen-bond donors (Lipinski definition) is 0. The van der Waals surface area contributed by atoms with Gasteiger partial charge in [-0.25, -0.2) is 0 Å². The Balaban J connectivity index is 1.69. The van der Waals surface area contributed by atoms with Crippen molar-refractivity contribution >= 4 is 5.91 Å². The standard InChI is InChI=1S/C21H32N2O4/c1-3-18(22-10-5-6-11-22)21(24)23(12-7-13-25-4-2)15-17-8-9-19-20(14-17)27-16-26-19/h8-9,14,18H,3-7,10-13,15-16H2,1-2H3. The molecular weight excluding hydrogens is 344 g/mol. The molecule has 1 unspecified atom stereocenters. The molecule has 2 aliphatic rings. The molecule has 6 nitrogen and oxygen atoms in total. The van der Waals surface area contributed by atoms with Crippen LogP contribution in [0.3, 0.4) is 0 Å². The lowest BCUT2D eigenvalue weighted by Gasteiger charge is -2.32. The van der Waals surface area contributed by atoms with E-state index in [1.54, 1.807) is 0 Å². The molecule has 1 fully saturated rings. The molecule has 3 rings (SSSR count). The summed E-state index contributed by atoms with van der Waals surface area (Å²) in [5.74, 6) is 1.77. The third-order valence-corrected chi connectivity index (χ3v) is 5.30. The van der Waals surface area contributed by atoms with Gasteiger partial charge in [-0.2, -0.15) is 0 Å². The summed E-state index contributed by atoms with van der Waals surface area (Å²) in [5, 5.41) is 0. The van der Waals surface area contributed by atoms with Crippen LogP contribution in [-0.2, 0) is 16.1 Å². The maximum atomic E-state index is 13.4. The highest BCUT2D eigenvalue weighted by molar-refractivity contribution is 5.82. The van der Waals surface area contributed by atoms with Crippen LogP contribution in [0.2, 0.25) is 0 Å². The molecule has 0 radical (unpaired) electrons. The number of carbonyl (C=O) groups is 1. The van der Waals surface area contributed by atoms with Crippen molar-refractivity contribution in [3.63, 3.8) is 0 Å². The molecule has 1 amide bonds. The number of carbonyl (C=O) groups excluding carboxylic acids is 1. The molecule has 2 heterocycles. The van der Waals surface area contributed by atoms with Crippen LogP contribution in [0.15, 0.2) is 18.2 Å². The zero-order valence-corrected chi connectivity index (χ0v) is 16.6. The molecular formula is C21H32N2O4. The molecule has 0 saturated carbocycles. The summed E-state index contributed by atoms with van der Waals surface area (Å²) in [6.07, 6.45) is 4.08. The molecule has 27 heavy (non-hydrogen) atoms. The zero-order valence-electron chi connectivity index (χ0n) is 16.6. The fourth-order valence-electron chi connectivity index (χ4n) is 3.88. The van der Waals surface area contributed by atoms with E-state index in [9.17, 15) is 4.79 Å². The third-order valence-electron chi connectivity index (χ3n) is 5.30. The molecule has 0 bridgehead atoms. The van der Waals surface area contributed by atoms with Crippen LogP contribution in [0.5, 0.6) is 11.5 Å². The number of hydrogen-bond acceptors (Lipinski definition) is 5. The molecule has 1 saturated heterocycles. The number of benzene rings is 1. The molecule has 1 aromatic rings. The fraction of sp³-hybridized carbons (Fsp3) is 0.667. The number of likely N-dealkylation sites (tertiary alicyclic amines) is 1. The van der Waals surface area contributed by atoms with Gasteiger partial charge in [0.2, 0.25) is 12.7 Å². The van der Waals surface area contributed by atoms with Gasteiger partial charge in [0.1, 0.15) is 0 Å². The summed E-state index contributed by atoms with van der Waals surface area (Å²) in [4.78, 5) is 17.7. The van der Waals surface area contributed by atoms with E-state index in [0.29, 0.717) is 26.3 Å². The molecule has 1 atom stereocenters. The van der Waals surface area contributed by atoms with E-state index < -0.39 is 0 Å². The van der Waals surface area contributed by atoms with Gasteiger partial charge in [0.25, 0.3) is 0 Å². The summed E-state index contributed by atoms with van der Waals surface area (Å²) in [7, 11) is 0. The van der Waals surface area contributed by atoms with Crippen molar-refractivity contribution < 1.29 is 19.0 Å². The van der Waals surface area contributed by atoms with Crippen LogP contribution < -0.4 is 9.47 Å². The van der Waals surface area contributed by atoms with Crippen LogP contribution in [-0.4, -0.2) is 61.4 Å². The van der Waals surface area contributed by atoms with E-state index in [1.165, 1.54) is 12.8 Å². The first-order chi connectivity index (χ1) is 13.2. The molecule has 6 heteroatoms. The minimum atomic E-state index is -0.0198. The Hall–Kier alpha value is -1.79. The second kappa shape index (κ2) is 9.95. The van der Waals surface area contributed by atoms with Crippen LogP contribution in [0.1, 0.15) is 45.1 Å². The minimum Gasteiger partial charge on any atom is -0.454 e. The molecule has 2 aliphatic heterocycles. The second-order valence-corrected chi connectivity index (χ2v) is 7.17. The summed E-state index contributed by atoms with van der Waals surface area (Å²) >= 11 is 0. The second-order valence-electron chi connectivity index (χ2n) is 7.17. The smallest absolute Gasteiger partial charge is 0.240 e. The molecule has 0 aromatic heterocycles. The summed E-state index contributed by atoms with van der Waals surface area (Å²) in [6, 6.07) is 5.92. The van der Waals surface area contributed by atoms with E-state index >= 15 is 0 Å². The first-order valence-corrected chi connectivity index (χ1v) is 10.2. The Labute approximate surface area is 162 Å². The predicted molar refractivity (Wildman–Crippen MR) is 104 cm³/mol. The SMILES string of the molecule is CCOCCCN(Cc1ccc2c(c1)OCO2)C(=O)C(CC)N1CCCC1. The van der Waals surface area contributed by atoms with Crippen molar-refractivity contribution in [2.24, 2.45) is 0 Å². The number of fused-ring (bicyclic) bond motifs is 1. The average Bonchev–Trinajstić information content (AvgIpc) is 3.36. The van der Waals surface area contributed by atoms with Crippen LogP contribution in [0, 0.1) is 0 Å². The van der Waals surface area contributed by atoms with Gasteiger partial charge in [-0.15, -0.1) is 0 Å². The van der Waals surface area contributed by atoms with E-state index in [2.05, 4.69) is 11.8 Å². The Morgan fingerprint density at radius 2 is 2.00 bits per heavy atom. The molecule has 0 N–H and O–H groups in total. The molecule has 150 valence electrons. The zero-order chi connectivity index (χ0) is 19.1. The first-order valence-electron chi connectivity index (χ1n) is 10.2. The van der Waals surface area contributed by atoms with E-state index in [4.69, 9.17) is 14.2 Å². The summed E-state index contributed by atoms with van der Waals surface area (Å²) in [6.45, 7) is 9.12. The number of ether oxygens (including phenoxy) is 3. The number of rotatable bonds is 10. The van der Waals surface area contributed by atoms with Crippen molar-refractivity contribution in [2.75, 3.05) is 39.6 Å². The van der Waals surface area contributed by atoms with Crippen molar-refractivity contribution in [3.8, 4) is 11.5 Å². The Morgan fingerprint density at radius 1 is 1.22 bits per heavy atom. The maximum absolute atomic E-state index is 13.4. The van der Waals surface area contributed by atoms with Gasteiger partial charge in [0.05, 0.1) is 6.04 Å². The maximum Gasteiger partial charge on any atom is 0.240 e. The van der Waals surface area contributed by atoms with E-state index in [-0.39, 0.29) is 18.7 Å². The molecule has 0 spiro atoms. The highest BCUT2D eigenvalue weighted by Gasteiger charge is 2.30. The first kappa shape index (κ1) is 20.0. The number of nitrogens with zero attached hydrogens (tertiary/aromatic N) is 2. The average molecular weight is 376 g/mol. The minimum absolute atomic E-state index is 0.0198. The topological polar surface area (TPSA) is 51.2 Å². The molecule has 1 aromatic carbocycles. The highest BCUT2D eigenvalue weighted by Crippen LogP contribution is 2.33. The fourth-order valence-corrected chi connectivity index (χ4v) is 3.88. The van der Waals surface area contributed by atoms with Gasteiger partial charge < -0.3 is 19.1 Å². The number of amides is 1. The lowest BCUT2D eigenvalue weighted by atomic mass is 10.1. The molecule has 0 aliphatic carbocycles. The van der Waals surface area contributed by atoms with E-state index in [1.807, 2.05) is 30.0 Å². The Morgan fingerprint density at radius 3 is 2.74 bits per heavy atom. The van der Waals surface area contributed by atoms with Crippen molar-refractivity contribution in [1.29, 1.82) is 0 Å². The lowest BCUT2D eigenvalue weighted by molar-refractivity contribution is -0.137. The van der Waals surface area contributed by atoms with Gasteiger partial charge in [0.15, 0.2) is 11.5 Å². The highest BCUT2D eigenvalue weighted by atomic mass is 16.7. The monoisotopic (exact) mass is 376 g/mol. The van der Waals surface area contributed by atoms with Gasteiger partial charge >= 0.3 is 0 Å². The quantitative estimate of drug-likeness (QED) is 0.588. The van der Waals surface area contributed by atoms with Crippen LogP contribution >= 0.6 is 0 Å². The largest absolute Gasteiger partial charge is 0.454 e. The van der Waals surface area contributed by atoms with Crippen molar-refractivity contribution in [1.82, 2.24) is 9.80 Å². The normalized spacial score (nSPS) is 17.3. The van der Waals surface area contributed by atoms with Gasteiger partial charge in [-0.3, -0.25) is 9.69 Å². The lowest BCUT2D eigenvalue weighted by Crippen LogP contribution is -2.47. The predicted octanol–water partition coefficient (Wildman–Crippen LogP) is 3.04. The Bertz CT molecular complexity index is 616. The van der Waals surface area contributed by atoms with Crippen LogP contribution in [0.25, 0.3) is 0 Å². The summed E-state index contributed by atoms with van der Waals surface area (Å²) in [5.41, 5.74) is 1.07. The summed E-state index contributed by atoms with van der Waals surface area (Å²) < 4.78 is 16.4. The Kier molecular flexibility index (Phi) is 7.35. The van der Waals surface area contributed by atoms with Crippen molar-refractivity contribution in [3.05, 3.63) is 23.8 Å². The van der Waals surface area contributed by atoms with Gasteiger partial charge in [-0.1, -0.05) is 13.0 Å². The van der Waals surface area contributed by atoms with E-state index in [0.717, 1.165) is 43.0 Å². The third kappa shape index (κ3) is 5.14. The van der Waals surface area contributed by atoms with Gasteiger partial charge in [-0.05, 0) is 63.4 Å².